The van der Waals surface area contributed by atoms with Crippen LogP contribution in [0.2, 0.25) is 0 Å². The topological polar surface area (TPSA) is 51.7 Å². The molecular weight excluding hydrogens is 316 g/mol. The Morgan fingerprint density at radius 3 is 2.52 bits per heavy atom. The van der Waals surface area contributed by atoms with Gasteiger partial charge in [0.25, 0.3) is 0 Å². The van der Waals surface area contributed by atoms with E-state index in [4.69, 9.17) is 9.47 Å². The highest BCUT2D eigenvalue weighted by molar-refractivity contribution is 5.91. The van der Waals surface area contributed by atoms with Crippen LogP contribution in [0.3, 0.4) is 0 Å². The van der Waals surface area contributed by atoms with Gasteiger partial charge in [0, 0.05) is 12.7 Å². The Morgan fingerprint density at radius 2 is 1.72 bits per heavy atom. The van der Waals surface area contributed by atoms with Crippen molar-refractivity contribution >= 4 is 11.8 Å². The smallest absolute Gasteiger partial charge is 0.419 e. The monoisotopic (exact) mass is 332 g/mol. The Labute approximate surface area is 145 Å². The van der Waals surface area contributed by atoms with E-state index in [0.717, 1.165) is 12.1 Å². The van der Waals surface area contributed by atoms with E-state index in [9.17, 15) is 4.79 Å². The Hall–Kier alpha value is -3.34. The van der Waals surface area contributed by atoms with Crippen LogP contribution in [0.15, 0.2) is 73.1 Å². The standard InChI is InChI=1S/C20H16N2O3/c23-20(22-13-11-15-4-1-2-6-19(15)22)25-17-9-7-16(8-10-17)24-18-5-3-12-21-14-18/h1-10,12,14H,11,13H2. The molecule has 0 saturated heterocycles. The first-order chi connectivity index (χ1) is 12.3. The van der Waals surface area contributed by atoms with Crippen molar-refractivity contribution in [1.29, 1.82) is 0 Å². The summed E-state index contributed by atoms with van der Waals surface area (Å²) >= 11 is 0. The van der Waals surface area contributed by atoms with Gasteiger partial charge in [-0.1, -0.05) is 18.2 Å². The number of amides is 1. The van der Waals surface area contributed by atoms with Crippen LogP contribution in [-0.2, 0) is 6.42 Å². The molecule has 5 heteroatoms. The Balaban J connectivity index is 1.42. The Kier molecular flexibility index (Phi) is 4.04. The summed E-state index contributed by atoms with van der Waals surface area (Å²) in [5.41, 5.74) is 2.09. The van der Waals surface area contributed by atoms with E-state index in [1.165, 1.54) is 5.56 Å². The van der Waals surface area contributed by atoms with E-state index in [2.05, 4.69) is 4.98 Å². The summed E-state index contributed by atoms with van der Waals surface area (Å²) in [4.78, 5) is 18.1. The number of nitrogens with zero attached hydrogens (tertiary/aromatic N) is 2. The average Bonchev–Trinajstić information content (AvgIpc) is 3.08. The Bertz CT molecular complexity index is 879. The third-order valence-electron chi connectivity index (χ3n) is 4.01. The number of hydrogen-bond acceptors (Lipinski definition) is 4. The molecule has 0 bridgehead atoms. The number of pyridine rings is 1. The van der Waals surface area contributed by atoms with Gasteiger partial charge in [-0.15, -0.1) is 0 Å². The maximum atomic E-state index is 12.4. The summed E-state index contributed by atoms with van der Waals surface area (Å²) in [6, 6.07) is 18.5. The molecule has 124 valence electrons. The lowest BCUT2D eigenvalue weighted by molar-refractivity contribution is 0.208. The zero-order chi connectivity index (χ0) is 17.1. The molecule has 0 atom stereocenters. The average molecular weight is 332 g/mol. The van der Waals surface area contributed by atoms with Crippen molar-refractivity contribution in [3.8, 4) is 17.2 Å². The zero-order valence-corrected chi connectivity index (χ0v) is 13.5. The number of anilines is 1. The Morgan fingerprint density at radius 1 is 0.920 bits per heavy atom. The second kappa shape index (κ2) is 6.65. The summed E-state index contributed by atoms with van der Waals surface area (Å²) in [6.07, 6.45) is 3.80. The van der Waals surface area contributed by atoms with Crippen molar-refractivity contribution < 1.29 is 14.3 Å². The summed E-state index contributed by atoms with van der Waals surface area (Å²) in [5, 5.41) is 0. The number of ether oxygens (including phenoxy) is 2. The van der Waals surface area contributed by atoms with Crippen LogP contribution in [0.25, 0.3) is 0 Å². The number of hydrogen-bond donors (Lipinski definition) is 0. The summed E-state index contributed by atoms with van der Waals surface area (Å²) in [5.74, 6) is 1.79. The molecule has 1 aliphatic heterocycles. The summed E-state index contributed by atoms with van der Waals surface area (Å²) < 4.78 is 11.2. The number of para-hydroxylation sites is 1. The maximum Gasteiger partial charge on any atom is 0.419 e. The molecule has 1 amide bonds. The second-order valence-corrected chi connectivity index (χ2v) is 5.66. The molecule has 2 aromatic carbocycles. The summed E-state index contributed by atoms with van der Waals surface area (Å²) in [7, 11) is 0. The molecule has 0 unspecified atom stereocenters. The third kappa shape index (κ3) is 3.30. The molecule has 3 aromatic rings. The first-order valence-electron chi connectivity index (χ1n) is 8.05. The van der Waals surface area contributed by atoms with Gasteiger partial charge < -0.3 is 9.47 Å². The predicted molar refractivity (Wildman–Crippen MR) is 94.3 cm³/mol. The fourth-order valence-electron chi connectivity index (χ4n) is 2.80. The van der Waals surface area contributed by atoms with Crippen LogP contribution < -0.4 is 14.4 Å². The van der Waals surface area contributed by atoms with Gasteiger partial charge in [0.15, 0.2) is 0 Å². The second-order valence-electron chi connectivity index (χ2n) is 5.66. The van der Waals surface area contributed by atoms with Crippen LogP contribution in [0, 0.1) is 0 Å². The molecule has 0 aliphatic carbocycles. The fraction of sp³-hybridized carbons (Fsp3) is 0.100. The lowest BCUT2D eigenvalue weighted by Crippen LogP contribution is -2.31. The van der Waals surface area contributed by atoms with E-state index in [0.29, 0.717) is 23.8 Å². The molecule has 1 aliphatic rings. The van der Waals surface area contributed by atoms with Crippen molar-refractivity contribution in [3.05, 3.63) is 78.6 Å². The molecule has 0 spiro atoms. The van der Waals surface area contributed by atoms with Gasteiger partial charge in [0.1, 0.15) is 17.2 Å². The minimum absolute atomic E-state index is 0.370. The van der Waals surface area contributed by atoms with Crippen molar-refractivity contribution in [2.75, 3.05) is 11.4 Å². The molecule has 0 fully saturated rings. The number of aromatic nitrogens is 1. The molecule has 0 radical (unpaired) electrons. The highest BCUT2D eigenvalue weighted by Crippen LogP contribution is 2.29. The van der Waals surface area contributed by atoms with Gasteiger partial charge in [-0.3, -0.25) is 9.88 Å². The van der Waals surface area contributed by atoms with Crippen molar-refractivity contribution in [3.63, 3.8) is 0 Å². The fourth-order valence-corrected chi connectivity index (χ4v) is 2.80. The van der Waals surface area contributed by atoms with Crippen LogP contribution in [0.5, 0.6) is 17.2 Å². The molecule has 2 heterocycles. The highest BCUT2D eigenvalue weighted by atomic mass is 16.6. The van der Waals surface area contributed by atoms with Crippen LogP contribution >= 0.6 is 0 Å². The van der Waals surface area contributed by atoms with Gasteiger partial charge in [0.05, 0.1) is 11.9 Å². The van der Waals surface area contributed by atoms with Gasteiger partial charge in [-0.25, -0.2) is 4.79 Å². The minimum Gasteiger partial charge on any atom is -0.456 e. The van der Waals surface area contributed by atoms with Crippen LogP contribution in [-0.4, -0.2) is 17.6 Å². The normalized spacial score (nSPS) is 12.6. The highest BCUT2D eigenvalue weighted by Gasteiger charge is 2.25. The van der Waals surface area contributed by atoms with Crippen LogP contribution in [0.4, 0.5) is 10.5 Å². The van der Waals surface area contributed by atoms with E-state index in [-0.39, 0.29) is 6.09 Å². The summed E-state index contributed by atoms with van der Waals surface area (Å²) in [6.45, 7) is 0.639. The van der Waals surface area contributed by atoms with Gasteiger partial charge in [0.2, 0.25) is 0 Å². The van der Waals surface area contributed by atoms with Crippen molar-refractivity contribution in [1.82, 2.24) is 4.98 Å². The molecule has 1 aromatic heterocycles. The number of fused-ring (bicyclic) bond motifs is 1. The quantitative estimate of drug-likeness (QED) is 0.712. The first kappa shape index (κ1) is 15.2. The van der Waals surface area contributed by atoms with Crippen molar-refractivity contribution in [2.45, 2.75) is 6.42 Å². The SMILES string of the molecule is O=C(Oc1ccc(Oc2cccnc2)cc1)N1CCc2ccccc21. The number of rotatable bonds is 3. The van der Waals surface area contributed by atoms with Crippen LogP contribution in [0.1, 0.15) is 5.56 Å². The maximum absolute atomic E-state index is 12.4. The molecule has 0 N–H and O–H groups in total. The molecular formula is C20H16N2O3. The number of carbonyl (C=O) groups excluding carboxylic acids is 1. The van der Waals surface area contributed by atoms with E-state index >= 15 is 0 Å². The lowest BCUT2D eigenvalue weighted by Gasteiger charge is -2.16. The minimum atomic E-state index is -0.370. The van der Waals surface area contributed by atoms with E-state index in [1.54, 1.807) is 47.6 Å². The molecule has 0 saturated carbocycles. The van der Waals surface area contributed by atoms with E-state index in [1.807, 2.05) is 30.3 Å². The molecule has 5 nitrogen and oxygen atoms in total. The zero-order valence-electron chi connectivity index (χ0n) is 13.5. The van der Waals surface area contributed by atoms with Gasteiger partial charge >= 0.3 is 6.09 Å². The number of carbonyl (C=O) groups is 1. The van der Waals surface area contributed by atoms with Gasteiger partial charge in [-0.05, 0) is 54.4 Å². The third-order valence-corrected chi connectivity index (χ3v) is 4.01. The molecule has 25 heavy (non-hydrogen) atoms. The first-order valence-corrected chi connectivity index (χ1v) is 8.05. The molecule has 4 rings (SSSR count). The van der Waals surface area contributed by atoms with Gasteiger partial charge in [-0.2, -0.15) is 0 Å². The van der Waals surface area contributed by atoms with Crippen molar-refractivity contribution in [2.24, 2.45) is 0 Å². The van der Waals surface area contributed by atoms with E-state index < -0.39 is 0 Å². The predicted octanol–water partition coefficient (Wildman–Crippen LogP) is 4.44. The largest absolute Gasteiger partial charge is 0.456 e. The number of benzene rings is 2. The lowest BCUT2D eigenvalue weighted by atomic mass is 10.2.